The molecular formula is C14H16F6O3S. The lowest BCUT2D eigenvalue weighted by atomic mass is 10.1. The standard InChI is InChI=1S/C14H16F6O3S/c1-10-2-4-12(5-3-10)24(21,22)23-11(6-8-13(15,16)17)7-9-14(18,19)20/h2-5,11H,6-9H2,1H3. The van der Waals surface area contributed by atoms with Crippen molar-refractivity contribution in [2.45, 2.75) is 56.0 Å². The minimum atomic E-state index is -4.62. The van der Waals surface area contributed by atoms with Gasteiger partial charge in [-0.05, 0) is 31.9 Å². The highest BCUT2D eigenvalue weighted by Crippen LogP contribution is 2.29. The number of halogens is 6. The van der Waals surface area contributed by atoms with Crippen LogP contribution in [0.5, 0.6) is 0 Å². The lowest BCUT2D eigenvalue weighted by Gasteiger charge is -2.19. The number of alkyl halides is 6. The van der Waals surface area contributed by atoms with E-state index in [1.165, 1.54) is 24.3 Å². The van der Waals surface area contributed by atoms with Gasteiger partial charge < -0.3 is 0 Å². The Labute approximate surface area is 135 Å². The largest absolute Gasteiger partial charge is 0.389 e. The van der Waals surface area contributed by atoms with Crippen LogP contribution in [0.2, 0.25) is 0 Å². The predicted molar refractivity (Wildman–Crippen MR) is 73.8 cm³/mol. The summed E-state index contributed by atoms with van der Waals surface area (Å²) >= 11 is 0. The Morgan fingerprint density at radius 1 is 0.917 bits per heavy atom. The quantitative estimate of drug-likeness (QED) is 0.508. The van der Waals surface area contributed by atoms with Crippen molar-refractivity contribution in [2.75, 3.05) is 0 Å². The normalized spacial score (nSPS) is 13.5. The number of rotatable bonds is 7. The van der Waals surface area contributed by atoms with Crippen molar-refractivity contribution in [3.8, 4) is 0 Å². The average molecular weight is 378 g/mol. The minimum absolute atomic E-state index is 0.322. The monoisotopic (exact) mass is 378 g/mol. The van der Waals surface area contributed by atoms with E-state index in [0.717, 1.165) is 5.56 Å². The van der Waals surface area contributed by atoms with Gasteiger partial charge in [-0.15, -0.1) is 0 Å². The van der Waals surface area contributed by atoms with Gasteiger partial charge in [0.15, 0.2) is 0 Å². The van der Waals surface area contributed by atoms with E-state index in [1.54, 1.807) is 6.92 Å². The molecule has 0 heterocycles. The highest BCUT2D eigenvalue weighted by atomic mass is 32.2. The molecule has 0 aromatic heterocycles. The Kier molecular flexibility index (Phi) is 6.68. The van der Waals surface area contributed by atoms with Gasteiger partial charge in [-0.25, -0.2) is 0 Å². The van der Waals surface area contributed by atoms with Crippen molar-refractivity contribution < 1.29 is 38.9 Å². The highest BCUT2D eigenvalue weighted by molar-refractivity contribution is 7.86. The summed E-state index contributed by atoms with van der Waals surface area (Å²) in [5.41, 5.74) is 0.736. The van der Waals surface area contributed by atoms with Crippen molar-refractivity contribution in [3.05, 3.63) is 29.8 Å². The summed E-state index contributed by atoms with van der Waals surface area (Å²) in [6.45, 7) is 1.69. The van der Waals surface area contributed by atoms with E-state index in [1.807, 2.05) is 0 Å². The van der Waals surface area contributed by atoms with Gasteiger partial charge in [0.25, 0.3) is 10.1 Å². The fourth-order valence-electron chi connectivity index (χ4n) is 1.83. The van der Waals surface area contributed by atoms with Gasteiger partial charge in [0.1, 0.15) is 0 Å². The zero-order valence-electron chi connectivity index (χ0n) is 12.6. The van der Waals surface area contributed by atoms with Crippen molar-refractivity contribution in [2.24, 2.45) is 0 Å². The maximum atomic E-state index is 12.3. The van der Waals surface area contributed by atoms with E-state index in [0.29, 0.717) is 0 Å². The molecule has 0 aliphatic carbocycles. The topological polar surface area (TPSA) is 43.4 Å². The van der Waals surface area contributed by atoms with Crippen LogP contribution in [0.25, 0.3) is 0 Å². The fourth-order valence-corrected chi connectivity index (χ4v) is 2.96. The fraction of sp³-hybridized carbons (Fsp3) is 0.571. The smallest absolute Gasteiger partial charge is 0.263 e. The van der Waals surface area contributed by atoms with E-state index < -0.39 is 54.3 Å². The Morgan fingerprint density at radius 2 is 1.33 bits per heavy atom. The van der Waals surface area contributed by atoms with Crippen LogP contribution in [0.1, 0.15) is 31.2 Å². The SMILES string of the molecule is Cc1ccc(S(=O)(=O)OC(CCC(F)(F)F)CCC(F)(F)F)cc1. The molecule has 0 N–H and O–H groups in total. The highest BCUT2D eigenvalue weighted by Gasteiger charge is 2.34. The number of hydrogen-bond donors (Lipinski definition) is 0. The Hall–Kier alpha value is -1.29. The maximum absolute atomic E-state index is 12.3. The molecule has 0 saturated heterocycles. The Balaban J connectivity index is 2.86. The van der Waals surface area contributed by atoms with Crippen LogP contribution >= 0.6 is 0 Å². The summed E-state index contributed by atoms with van der Waals surface area (Å²) < 4.78 is 102. The van der Waals surface area contributed by atoms with E-state index in [4.69, 9.17) is 0 Å². The van der Waals surface area contributed by atoms with E-state index in [9.17, 15) is 34.8 Å². The maximum Gasteiger partial charge on any atom is 0.389 e. The second-order valence-corrected chi connectivity index (χ2v) is 6.87. The molecule has 0 bridgehead atoms. The van der Waals surface area contributed by atoms with Gasteiger partial charge in [-0.2, -0.15) is 34.8 Å². The molecule has 10 heteroatoms. The van der Waals surface area contributed by atoms with Crippen molar-refractivity contribution in [1.29, 1.82) is 0 Å². The molecule has 24 heavy (non-hydrogen) atoms. The third-order valence-electron chi connectivity index (χ3n) is 3.07. The van der Waals surface area contributed by atoms with E-state index in [-0.39, 0.29) is 4.90 Å². The van der Waals surface area contributed by atoms with Crippen molar-refractivity contribution in [3.63, 3.8) is 0 Å². The molecular weight excluding hydrogens is 362 g/mol. The summed E-state index contributed by atoms with van der Waals surface area (Å²) in [7, 11) is -4.45. The molecule has 0 spiro atoms. The summed E-state index contributed by atoms with van der Waals surface area (Å²) in [4.78, 5) is -0.322. The molecule has 0 radical (unpaired) electrons. The molecule has 0 saturated carbocycles. The zero-order valence-corrected chi connectivity index (χ0v) is 13.4. The molecule has 0 unspecified atom stereocenters. The molecule has 0 aliphatic rings. The predicted octanol–water partition coefficient (Wildman–Crippen LogP) is 4.75. The average Bonchev–Trinajstić information content (AvgIpc) is 2.40. The lowest BCUT2D eigenvalue weighted by molar-refractivity contribution is -0.146. The van der Waals surface area contributed by atoms with Crippen molar-refractivity contribution in [1.82, 2.24) is 0 Å². The summed E-state index contributed by atoms with van der Waals surface area (Å²) in [5.74, 6) is 0. The van der Waals surface area contributed by atoms with Gasteiger partial charge in [0.05, 0.1) is 11.0 Å². The first-order valence-electron chi connectivity index (χ1n) is 6.92. The van der Waals surface area contributed by atoms with Gasteiger partial charge in [-0.1, -0.05) is 17.7 Å². The molecule has 0 amide bonds. The molecule has 0 fully saturated rings. The third-order valence-corrected chi connectivity index (χ3v) is 4.45. The van der Waals surface area contributed by atoms with Gasteiger partial charge >= 0.3 is 12.4 Å². The van der Waals surface area contributed by atoms with Crippen molar-refractivity contribution >= 4 is 10.1 Å². The molecule has 0 aliphatic heterocycles. The molecule has 1 rings (SSSR count). The van der Waals surface area contributed by atoms with Crippen LogP contribution in [-0.2, 0) is 14.3 Å². The summed E-state index contributed by atoms with van der Waals surface area (Å²) in [6, 6.07) is 5.23. The molecule has 3 nitrogen and oxygen atoms in total. The van der Waals surface area contributed by atoms with Crippen LogP contribution in [-0.4, -0.2) is 26.9 Å². The van der Waals surface area contributed by atoms with Crippen LogP contribution in [0.3, 0.4) is 0 Å². The second-order valence-electron chi connectivity index (χ2n) is 5.29. The van der Waals surface area contributed by atoms with Crippen LogP contribution in [0.15, 0.2) is 29.2 Å². The minimum Gasteiger partial charge on any atom is -0.263 e. The van der Waals surface area contributed by atoms with Crippen LogP contribution in [0, 0.1) is 6.92 Å². The lowest BCUT2D eigenvalue weighted by Crippen LogP contribution is -2.23. The molecule has 0 atom stereocenters. The Morgan fingerprint density at radius 3 is 1.71 bits per heavy atom. The summed E-state index contributed by atoms with van der Waals surface area (Å²) in [5, 5.41) is 0. The summed E-state index contributed by atoms with van der Waals surface area (Å²) in [6.07, 6.45) is -15.5. The number of aryl methyl sites for hydroxylation is 1. The molecule has 138 valence electrons. The second kappa shape index (κ2) is 7.73. The zero-order chi connectivity index (χ0) is 18.6. The van der Waals surface area contributed by atoms with E-state index >= 15 is 0 Å². The first kappa shape index (κ1) is 20.8. The third kappa shape index (κ3) is 8.00. The van der Waals surface area contributed by atoms with Crippen LogP contribution < -0.4 is 0 Å². The first-order chi connectivity index (χ1) is 10.8. The molecule has 1 aromatic carbocycles. The van der Waals surface area contributed by atoms with E-state index in [2.05, 4.69) is 4.18 Å². The first-order valence-corrected chi connectivity index (χ1v) is 8.33. The van der Waals surface area contributed by atoms with Gasteiger partial charge in [0, 0.05) is 12.8 Å². The van der Waals surface area contributed by atoms with Crippen LogP contribution in [0.4, 0.5) is 26.3 Å². The molecule has 1 aromatic rings. The number of benzene rings is 1. The number of hydrogen-bond acceptors (Lipinski definition) is 3. The Bertz CT molecular complexity index is 601. The van der Waals surface area contributed by atoms with Gasteiger partial charge in [0.2, 0.25) is 0 Å². The van der Waals surface area contributed by atoms with Gasteiger partial charge in [-0.3, -0.25) is 4.18 Å².